The summed E-state index contributed by atoms with van der Waals surface area (Å²) in [6.07, 6.45) is 0.293. The standard InChI is InChI=1S/C24H24N2O3/c1-17-9-11-19(12-10-17)22(27)13-14-23(28)25-15-16-26-24(29)21-8-4-6-18-5-2-3-7-20(18)21/h2-12H,13-16H2,1H3,(H,25,28)(H,26,29). The fourth-order valence-electron chi connectivity index (χ4n) is 3.10. The van der Waals surface area contributed by atoms with Gasteiger partial charge in [-0.15, -0.1) is 0 Å². The summed E-state index contributed by atoms with van der Waals surface area (Å²) in [7, 11) is 0. The molecule has 2 amide bonds. The smallest absolute Gasteiger partial charge is 0.251 e. The average Bonchev–Trinajstić information content (AvgIpc) is 2.75. The van der Waals surface area contributed by atoms with Crippen LogP contribution in [0.25, 0.3) is 10.8 Å². The molecule has 3 aromatic carbocycles. The molecule has 0 unspecified atom stereocenters. The van der Waals surface area contributed by atoms with E-state index in [1.807, 2.05) is 55.5 Å². The monoisotopic (exact) mass is 388 g/mol. The lowest BCUT2D eigenvalue weighted by Gasteiger charge is -2.09. The zero-order chi connectivity index (χ0) is 20.6. The number of aryl methyl sites for hydroxylation is 1. The number of nitrogens with one attached hydrogen (secondary N) is 2. The summed E-state index contributed by atoms with van der Waals surface area (Å²) in [6.45, 7) is 2.59. The molecule has 0 heterocycles. The minimum Gasteiger partial charge on any atom is -0.354 e. The maximum atomic E-state index is 12.4. The molecule has 148 valence electrons. The van der Waals surface area contributed by atoms with Crippen molar-refractivity contribution in [3.05, 3.63) is 83.4 Å². The van der Waals surface area contributed by atoms with Crippen LogP contribution < -0.4 is 10.6 Å². The molecule has 0 aromatic heterocycles. The molecule has 0 aliphatic rings. The normalized spacial score (nSPS) is 10.5. The van der Waals surface area contributed by atoms with Gasteiger partial charge in [0, 0.05) is 37.1 Å². The van der Waals surface area contributed by atoms with E-state index in [4.69, 9.17) is 0 Å². The molecule has 0 aliphatic heterocycles. The van der Waals surface area contributed by atoms with E-state index in [0.717, 1.165) is 16.3 Å². The number of amides is 2. The molecular weight excluding hydrogens is 364 g/mol. The molecule has 0 radical (unpaired) electrons. The number of hydrogen-bond acceptors (Lipinski definition) is 3. The summed E-state index contributed by atoms with van der Waals surface area (Å²) in [5.74, 6) is -0.431. The summed E-state index contributed by atoms with van der Waals surface area (Å²) < 4.78 is 0. The molecule has 0 aliphatic carbocycles. The van der Waals surface area contributed by atoms with Gasteiger partial charge in [-0.1, -0.05) is 66.2 Å². The van der Waals surface area contributed by atoms with Crippen molar-refractivity contribution in [2.75, 3.05) is 13.1 Å². The summed E-state index contributed by atoms with van der Waals surface area (Å²) >= 11 is 0. The summed E-state index contributed by atoms with van der Waals surface area (Å²) in [5, 5.41) is 7.46. The summed E-state index contributed by atoms with van der Waals surface area (Å²) in [4.78, 5) is 36.5. The van der Waals surface area contributed by atoms with Crippen LogP contribution in [0.4, 0.5) is 0 Å². The Balaban J connectivity index is 1.40. The van der Waals surface area contributed by atoms with Crippen LogP contribution in [-0.2, 0) is 4.79 Å². The van der Waals surface area contributed by atoms with E-state index in [1.165, 1.54) is 0 Å². The number of benzene rings is 3. The third-order valence-electron chi connectivity index (χ3n) is 4.72. The maximum absolute atomic E-state index is 12.4. The quantitative estimate of drug-likeness (QED) is 0.457. The minimum absolute atomic E-state index is 0.0515. The van der Waals surface area contributed by atoms with Gasteiger partial charge in [0.1, 0.15) is 0 Å². The van der Waals surface area contributed by atoms with E-state index in [9.17, 15) is 14.4 Å². The molecule has 5 nitrogen and oxygen atoms in total. The second kappa shape index (κ2) is 9.64. The van der Waals surface area contributed by atoms with Crippen LogP contribution in [0.1, 0.15) is 39.1 Å². The van der Waals surface area contributed by atoms with Gasteiger partial charge >= 0.3 is 0 Å². The lowest BCUT2D eigenvalue weighted by atomic mass is 10.0. The summed E-state index contributed by atoms with van der Waals surface area (Å²) in [6, 6.07) is 20.6. The third-order valence-corrected chi connectivity index (χ3v) is 4.72. The lowest BCUT2D eigenvalue weighted by Crippen LogP contribution is -2.34. The molecule has 5 heteroatoms. The zero-order valence-corrected chi connectivity index (χ0v) is 16.4. The van der Waals surface area contributed by atoms with Gasteiger partial charge in [-0.2, -0.15) is 0 Å². The van der Waals surface area contributed by atoms with Crippen LogP contribution in [0.2, 0.25) is 0 Å². The van der Waals surface area contributed by atoms with Gasteiger partial charge in [0.25, 0.3) is 5.91 Å². The van der Waals surface area contributed by atoms with E-state index in [0.29, 0.717) is 24.2 Å². The topological polar surface area (TPSA) is 75.3 Å². The number of fused-ring (bicyclic) bond motifs is 1. The van der Waals surface area contributed by atoms with Crippen LogP contribution in [0, 0.1) is 6.92 Å². The Morgan fingerprint density at radius 1 is 0.759 bits per heavy atom. The molecule has 0 bridgehead atoms. The fraction of sp³-hybridized carbons (Fsp3) is 0.208. The van der Waals surface area contributed by atoms with Crippen molar-refractivity contribution in [1.82, 2.24) is 10.6 Å². The van der Waals surface area contributed by atoms with E-state index in [-0.39, 0.29) is 30.4 Å². The molecule has 0 fully saturated rings. The Hall–Kier alpha value is -3.47. The second-order valence-electron chi connectivity index (χ2n) is 6.92. The van der Waals surface area contributed by atoms with Gasteiger partial charge in [-0.05, 0) is 23.8 Å². The first-order valence-corrected chi connectivity index (χ1v) is 9.67. The van der Waals surface area contributed by atoms with Crippen molar-refractivity contribution in [1.29, 1.82) is 0 Å². The lowest BCUT2D eigenvalue weighted by molar-refractivity contribution is -0.121. The number of Topliss-reactive ketones (excluding diaryl/α,β-unsaturated/α-hetero) is 1. The number of carbonyl (C=O) groups is 3. The largest absolute Gasteiger partial charge is 0.354 e. The molecule has 0 spiro atoms. The molecule has 2 N–H and O–H groups in total. The molecular formula is C24H24N2O3. The van der Waals surface area contributed by atoms with Crippen molar-refractivity contribution in [2.24, 2.45) is 0 Å². The van der Waals surface area contributed by atoms with Gasteiger partial charge < -0.3 is 10.6 Å². The van der Waals surface area contributed by atoms with E-state index in [2.05, 4.69) is 10.6 Å². The van der Waals surface area contributed by atoms with E-state index in [1.54, 1.807) is 18.2 Å². The van der Waals surface area contributed by atoms with Gasteiger partial charge in [-0.3, -0.25) is 14.4 Å². The number of rotatable bonds is 8. The highest BCUT2D eigenvalue weighted by Gasteiger charge is 2.11. The van der Waals surface area contributed by atoms with Crippen molar-refractivity contribution >= 4 is 28.4 Å². The van der Waals surface area contributed by atoms with Crippen LogP contribution in [0.15, 0.2) is 66.7 Å². The summed E-state index contributed by atoms with van der Waals surface area (Å²) in [5.41, 5.74) is 2.31. The highest BCUT2D eigenvalue weighted by atomic mass is 16.2. The van der Waals surface area contributed by atoms with E-state index < -0.39 is 0 Å². The van der Waals surface area contributed by atoms with Crippen molar-refractivity contribution < 1.29 is 14.4 Å². The molecule has 3 aromatic rings. The van der Waals surface area contributed by atoms with Crippen LogP contribution in [-0.4, -0.2) is 30.7 Å². The first-order chi connectivity index (χ1) is 14.0. The van der Waals surface area contributed by atoms with Crippen molar-refractivity contribution in [3.8, 4) is 0 Å². The minimum atomic E-state index is -0.204. The van der Waals surface area contributed by atoms with Gasteiger partial charge in [0.2, 0.25) is 5.91 Å². The second-order valence-corrected chi connectivity index (χ2v) is 6.92. The number of carbonyl (C=O) groups excluding carboxylic acids is 3. The van der Waals surface area contributed by atoms with Gasteiger partial charge in [0.15, 0.2) is 5.78 Å². The molecule has 3 rings (SSSR count). The Labute approximate surface area is 170 Å². The van der Waals surface area contributed by atoms with E-state index >= 15 is 0 Å². The highest BCUT2D eigenvalue weighted by molar-refractivity contribution is 6.07. The predicted molar refractivity (Wildman–Crippen MR) is 114 cm³/mol. The first-order valence-electron chi connectivity index (χ1n) is 9.67. The van der Waals surface area contributed by atoms with Crippen LogP contribution >= 0.6 is 0 Å². The van der Waals surface area contributed by atoms with Crippen molar-refractivity contribution in [2.45, 2.75) is 19.8 Å². The maximum Gasteiger partial charge on any atom is 0.251 e. The number of ketones is 1. The zero-order valence-electron chi connectivity index (χ0n) is 16.4. The Kier molecular flexibility index (Phi) is 6.74. The van der Waals surface area contributed by atoms with Gasteiger partial charge in [0.05, 0.1) is 0 Å². The molecule has 0 atom stereocenters. The van der Waals surface area contributed by atoms with Crippen LogP contribution in [0.5, 0.6) is 0 Å². The Morgan fingerprint density at radius 2 is 1.45 bits per heavy atom. The SMILES string of the molecule is Cc1ccc(C(=O)CCC(=O)NCCNC(=O)c2cccc3ccccc23)cc1. The third kappa shape index (κ3) is 5.51. The Bertz CT molecular complexity index is 1020. The first kappa shape index (κ1) is 20.3. The van der Waals surface area contributed by atoms with Crippen LogP contribution in [0.3, 0.4) is 0 Å². The highest BCUT2D eigenvalue weighted by Crippen LogP contribution is 2.18. The predicted octanol–water partition coefficient (Wildman–Crippen LogP) is 3.66. The number of hydrogen-bond donors (Lipinski definition) is 2. The van der Waals surface area contributed by atoms with Gasteiger partial charge in [-0.25, -0.2) is 0 Å². The fourth-order valence-corrected chi connectivity index (χ4v) is 3.10. The molecule has 0 saturated carbocycles. The molecule has 0 saturated heterocycles. The Morgan fingerprint density at radius 3 is 2.24 bits per heavy atom. The average molecular weight is 388 g/mol. The molecule has 29 heavy (non-hydrogen) atoms. The van der Waals surface area contributed by atoms with Crippen molar-refractivity contribution in [3.63, 3.8) is 0 Å².